The van der Waals surface area contributed by atoms with E-state index in [9.17, 15) is 35.1 Å². The average Bonchev–Trinajstić information content (AvgIpc) is 3.45. The second kappa shape index (κ2) is 56.9. The summed E-state index contributed by atoms with van der Waals surface area (Å²) in [5.74, 6) is -0.212. The predicted molar refractivity (Wildman–Crippen MR) is 329 cm³/mol. The summed E-state index contributed by atoms with van der Waals surface area (Å²) < 4.78 is 16.7. The minimum absolute atomic E-state index is 0.0104. The molecule has 11 nitrogen and oxygen atoms in total. The maximum atomic E-state index is 13.0. The van der Waals surface area contributed by atoms with Crippen molar-refractivity contribution in [3.8, 4) is 0 Å². The number of esters is 1. The zero-order chi connectivity index (χ0) is 57.3. The van der Waals surface area contributed by atoms with E-state index in [0.717, 1.165) is 89.9 Å². The first kappa shape index (κ1) is 74.1. The lowest BCUT2D eigenvalue weighted by atomic mass is 9.99. The van der Waals surface area contributed by atoms with Gasteiger partial charge in [-0.15, -0.1) is 0 Å². The number of rotatable bonds is 56. The van der Waals surface area contributed by atoms with Gasteiger partial charge in [0.1, 0.15) is 24.4 Å². The standard InChI is InChI=1S/C68H121NO10/c1-3-5-7-9-11-13-15-34-38-42-46-50-54-61(71)60(59-78-68-67(76)66(75)65(74)62(58-70)79-68)69-63(72)55-51-47-43-39-35-32-30-28-26-24-22-20-18-17-19-21-23-25-27-29-31-33-37-41-45-49-53-57-77-64(73)56-52-48-44-40-36-16-14-12-10-8-6-4-2/h9,11-12,14,17-18,21,23,34,38,50,54,60-62,65-68,70-71,74-76H,3-8,10,13,15-16,19-20,22,24-33,35-37,39-49,51-53,55-59H2,1-2H3,(H,69,72)/b11-9+,14-12-,18-17-,23-21-,38-34+,54-50+. The van der Waals surface area contributed by atoms with Crippen molar-refractivity contribution >= 4 is 11.9 Å². The van der Waals surface area contributed by atoms with E-state index < -0.39 is 49.5 Å². The lowest BCUT2D eigenvalue weighted by molar-refractivity contribution is -0.302. The van der Waals surface area contributed by atoms with Crippen molar-refractivity contribution < 1.29 is 49.3 Å². The molecule has 0 aromatic heterocycles. The molecule has 458 valence electrons. The van der Waals surface area contributed by atoms with Crippen LogP contribution >= 0.6 is 0 Å². The first-order valence-corrected chi connectivity index (χ1v) is 32.7. The number of carbonyl (C=O) groups is 2. The zero-order valence-corrected chi connectivity index (χ0v) is 50.6. The van der Waals surface area contributed by atoms with Crippen molar-refractivity contribution in [2.24, 2.45) is 0 Å². The van der Waals surface area contributed by atoms with E-state index in [1.54, 1.807) is 6.08 Å². The molecule has 1 rings (SSSR count). The topological polar surface area (TPSA) is 175 Å². The summed E-state index contributed by atoms with van der Waals surface area (Å²) in [7, 11) is 0. The van der Waals surface area contributed by atoms with Gasteiger partial charge in [0.2, 0.25) is 5.91 Å². The van der Waals surface area contributed by atoms with Crippen molar-refractivity contribution in [2.45, 2.75) is 326 Å². The molecule has 0 aromatic rings. The summed E-state index contributed by atoms with van der Waals surface area (Å²) in [6.45, 7) is 4.24. The molecule has 11 heteroatoms. The first-order chi connectivity index (χ1) is 38.7. The molecule has 7 atom stereocenters. The number of carbonyl (C=O) groups excluding carboxylic acids is 2. The lowest BCUT2D eigenvalue weighted by Crippen LogP contribution is -2.60. The van der Waals surface area contributed by atoms with Crippen molar-refractivity contribution in [1.29, 1.82) is 0 Å². The molecule has 79 heavy (non-hydrogen) atoms. The van der Waals surface area contributed by atoms with E-state index in [1.807, 2.05) is 6.08 Å². The largest absolute Gasteiger partial charge is 0.466 e. The molecule has 0 saturated carbocycles. The summed E-state index contributed by atoms with van der Waals surface area (Å²) in [6.07, 6.45) is 65.9. The minimum Gasteiger partial charge on any atom is -0.466 e. The van der Waals surface area contributed by atoms with Gasteiger partial charge in [0.25, 0.3) is 0 Å². The molecule has 1 heterocycles. The van der Waals surface area contributed by atoms with E-state index in [4.69, 9.17) is 14.2 Å². The van der Waals surface area contributed by atoms with Crippen molar-refractivity contribution in [1.82, 2.24) is 5.32 Å². The third kappa shape index (κ3) is 46.3. The van der Waals surface area contributed by atoms with Crippen LogP contribution in [0, 0.1) is 0 Å². The lowest BCUT2D eigenvalue weighted by Gasteiger charge is -2.40. The SMILES string of the molecule is CCCC/C=C/CC/C=C/CC/C=C/C(O)C(COC1OC(CO)C(O)C(O)C1O)NC(=O)CCCCCCCCCCCCC/C=C\C/C=C\CCCCCCCCCCCOC(=O)CCCCCCC/C=C\CCCCC. The summed E-state index contributed by atoms with van der Waals surface area (Å²) in [6, 6.07) is -0.838. The molecular formula is C68H121NO10. The number of amides is 1. The van der Waals surface area contributed by atoms with E-state index in [-0.39, 0.29) is 18.5 Å². The number of aliphatic hydroxyl groups excluding tert-OH is 5. The number of hydrogen-bond acceptors (Lipinski definition) is 10. The molecule has 1 aliphatic rings. The van der Waals surface area contributed by atoms with Gasteiger partial charge >= 0.3 is 5.97 Å². The number of nitrogens with one attached hydrogen (secondary N) is 1. The molecule has 1 fully saturated rings. The smallest absolute Gasteiger partial charge is 0.305 e. The van der Waals surface area contributed by atoms with Crippen LogP contribution in [0.4, 0.5) is 0 Å². The predicted octanol–water partition coefficient (Wildman–Crippen LogP) is 16.0. The van der Waals surface area contributed by atoms with Crippen LogP contribution in [-0.4, -0.2) is 100 Å². The molecule has 0 aromatic carbocycles. The highest BCUT2D eigenvalue weighted by molar-refractivity contribution is 5.76. The molecule has 0 radical (unpaired) electrons. The van der Waals surface area contributed by atoms with Crippen molar-refractivity contribution in [3.63, 3.8) is 0 Å². The minimum atomic E-state index is -1.58. The number of unbranched alkanes of at least 4 members (excludes halogenated alkanes) is 32. The highest BCUT2D eigenvalue weighted by atomic mass is 16.7. The fourth-order valence-electron chi connectivity index (χ4n) is 9.77. The molecule has 1 amide bonds. The van der Waals surface area contributed by atoms with E-state index in [0.29, 0.717) is 19.4 Å². The third-order valence-corrected chi connectivity index (χ3v) is 15.0. The van der Waals surface area contributed by atoms with Crippen molar-refractivity contribution in [2.75, 3.05) is 19.8 Å². The average molecular weight is 1110 g/mol. The van der Waals surface area contributed by atoms with Gasteiger partial charge in [-0.1, -0.05) is 234 Å². The second-order valence-electron chi connectivity index (χ2n) is 22.4. The van der Waals surface area contributed by atoms with Crippen LogP contribution in [0.2, 0.25) is 0 Å². The molecule has 1 aliphatic heterocycles. The highest BCUT2D eigenvalue weighted by Crippen LogP contribution is 2.23. The van der Waals surface area contributed by atoms with Crippen molar-refractivity contribution in [3.05, 3.63) is 72.9 Å². The Hall–Kier alpha value is -2.90. The molecule has 1 saturated heterocycles. The number of ether oxygens (including phenoxy) is 3. The Kier molecular flexibility index (Phi) is 53.4. The molecular weight excluding hydrogens is 991 g/mol. The van der Waals surface area contributed by atoms with Gasteiger partial charge in [-0.3, -0.25) is 9.59 Å². The van der Waals surface area contributed by atoms with Crippen LogP contribution in [0.1, 0.15) is 284 Å². The van der Waals surface area contributed by atoms with Crippen LogP contribution < -0.4 is 5.32 Å². The van der Waals surface area contributed by atoms with Gasteiger partial charge in [0, 0.05) is 12.8 Å². The molecule has 0 aliphatic carbocycles. The van der Waals surface area contributed by atoms with Gasteiger partial charge in [-0.05, 0) is 109 Å². The van der Waals surface area contributed by atoms with Crippen LogP contribution in [0.15, 0.2) is 72.9 Å². The van der Waals surface area contributed by atoms with Gasteiger partial charge < -0.3 is 45.1 Å². The maximum Gasteiger partial charge on any atom is 0.305 e. The molecule has 7 unspecified atom stereocenters. The van der Waals surface area contributed by atoms with Crippen LogP contribution in [0.25, 0.3) is 0 Å². The Balaban J connectivity index is 2.03. The monoisotopic (exact) mass is 1110 g/mol. The summed E-state index contributed by atoms with van der Waals surface area (Å²) in [5.41, 5.74) is 0. The van der Waals surface area contributed by atoms with Crippen LogP contribution in [-0.2, 0) is 23.8 Å². The van der Waals surface area contributed by atoms with E-state index in [1.165, 1.54) is 167 Å². The number of hydrogen-bond donors (Lipinski definition) is 6. The van der Waals surface area contributed by atoms with Gasteiger partial charge in [-0.25, -0.2) is 0 Å². The fraction of sp³-hybridized carbons (Fsp3) is 0.794. The summed E-state index contributed by atoms with van der Waals surface area (Å²) in [5, 5.41) is 54.3. The summed E-state index contributed by atoms with van der Waals surface area (Å²) in [4.78, 5) is 25.1. The normalized spacial score (nSPS) is 18.9. The highest BCUT2D eigenvalue weighted by Gasteiger charge is 2.44. The first-order valence-electron chi connectivity index (χ1n) is 32.7. The van der Waals surface area contributed by atoms with Crippen LogP contribution in [0.5, 0.6) is 0 Å². The number of aliphatic hydroxyl groups is 5. The van der Waals surface area contributed by atoms with Gasteiger partial charge in [-0.2, -0.15) is 0 Å². The quantitative estimate of drug-likeness (QED) is 0.0195. The van der Waals surface area contributed by atoms with Gasteiger partial charge in [0.15, 0.2) is 6.29 Å². The number of allylic oxidation sites excluding steroid dienone is 11. The molecule has 0 spiro atoms. The second-order valence-corrected chi connectivity index (χ2v) is 22.4. The zero-order valence-electron chi connectivity index (χ0n) is 50.6. The van der Waals surface area contributed by atoms with Crippen LogP contribution in [0.3, 0.4) is 0 Å². The Morgan fingerprint density at radius 2 is 0.873 bits per heavy atom. The molecule has 0 bridgehead atoms. The Morgan fingerprint density at radius 1 is 0.468 bits per heavy atom. The molecule has 6 N–H and O–H groups in total. The Morgan fingerprint density at radius 3 is 1.37 bits per heavy atom. The third-order valence-electron chi connectivity index (χ3n) is 15.0. The summed E-state index contributed by atoms with van der Waals surface area (Å²) >= 11 is 0. The van der Waals surface area contributed by atoms with E-state index in [2.05, 4.69) is 79.9 Å². The Labute approximate surface area is 483 Å². The van der Waals surface area contributed by atoms with E-state index >= 15 is 0 Å². The maximum absolute atomic E-state index is 13.0. The Bertz CT molecular complexity index is 1540. The van der Waals surface area contributed by atoms with Gasteiger partial charge in [0.05, 0.1) is 32.0 Å². The fourth-order valence-corrected chi connectivity index (χ4v) is 9.77.